The van der Waals surface area contributed by atoms with Gasteiger partial charge in [-0.05, 0) is 37.1 Å². The summed E-state index contributed by atoms with van der Waals surface area (Å²) in [7, 11) is 1.56. The summed E-state index contributed by atoms with van der Waals surface area (Å²) in [5.41, 5.74) is 2.33. The fraction of sp³-hybridized carbons (Fsp3) is 0.350. The Morgan fingerprint density at radius 2 is 1.77 bits per heavy atom. The molecule has 5 nitrogen and oxygen atoms in total. The largest absolute Gasteiger partial charge is 0.493 e. The first-order valence-corrected chi connectivity index (χ1v) is 8.41. The van der Waals surface area contributed by atoms with Crippen LogP contribution in [-0.2, 0) is 9.53 Å². The van der Waals surface area contributed by atoms with E-state index in [0.717, 1.165) is 16.9 Å². The molecule has 6 heteroatoms. The number of hydrogen-bond acceptors (Lipinski definition) is 4. The Balaban J connectivity index is 1.92. The van der Waals surface area contributed by atoms with Gasteiger partial charge in [0.1, 0.15) is 23.9 Å². The lowest BCUT2D eigenvalue weighted by Gasteiger charge is -2.14. The Labute approximate surface area is 153 Å². The van der Waals surface area contributed by atoms with Gasteiger partial charge >= 0.3 is 0 Å². The summed E-state index contributed by atoms with van der Waals surface area (Å²) >= 11 is 0. The van der Waals surface area contributed by atoms with Crippen LogP contribution in [-0.4, -0.2) is 32.8 Å². The van der Waals surface area contributed by atoms with Crippen LogP contribution in [0.1, 0.15) is 17.5 Å². The van der Waals surface area contributed by atoms with Crippen molar-refractivity contribution in [2.24, 2.45) is 0 Å². The number of hydrogen-bond donors (Lipinski definition) is 1. The zero-order valence-electron chi connectivity index (χ0n) is 15.3. The minimum Gasteiger partial charge on any atom is -0.493 e. The average Bonchev–Trinajstić information content (AvgIpc) is 2.59. The Morgan fingerprint density at radius 3 is 2.46 bits per heavy atom. The highest BCUT2D eigenvalue weighted by Crippen LogP contribution is 2.26. The third-order valence-electron chi connectivity index (χ3n) is 3.75. The second kappa shape index (κ2) is 9.77. The molecule has 0 saturated carbocycles. The second-order valence-electron chi connectivity index (χ2n) is 5.85. The molecule has 0 unspecified atom stereocenters. The molecule has 0 atom stereocenters. The van der Waals surface area contributed by atoms with Gasteiger partial charge in [0.2, 0.25) is 5.91 Å². The Bertz CT molecular complexity index is 728. The fourth-order valence-corrected chi connectivity index (χ4v) is 2.45. The maximum Gasteiger partial charge on any atom is 0.227 e. The number of carbonyl (C=O) groups excluding carboxylic acids is 1. The molecule has 0 aliphatic carbocycles. The molecule has 140 valence electrons. The molecule has 0 fully saturated rings. The number of para-hydroxylation sites is 1. The van der Waals surface area contributed by atoms with Crippen molar-refractivity contribution in [3.63, 3.8) is 0 Å². The molecule has 1 amide bonds. The lowest BCUT2D eigenvalue weighted by molar-refractivity contribution is -0.116. The fourth-order valence-electron chi connectivity index (χ4n) is 2.45. The van der Waals surface area contributed by atoms with Crippen LogP contribution < -0.4 is 14.8 Å². The third-order valence-corrected chi connectivity index (χ3v) is 3.75. The molecule has 0 saturated heterocycles. The van der Waals surface area contributed by atoms with E-state index in [1.165, 1.54) is 18.2 Å². The number of methoxy groups -OCH3 is 1. The number of amides is 1. The quantitative estimate of drug-likeness (QED) is 0.689. The summed E-state index contributed by atoms with van der Waals surface area (Å²) in [5, 5.41) is 2.67. The van der Waals surface area contributed by atoms with Crippen LogP contribution in [0, 0.1) is 19.7 Å². The van der Waals surface area contributed by atoms with Crippen molar-refractivity contribution in [3.05, 3.63) is 53.3 Å². The molecule has 2 rings (SSSR count). The first-order valence-electron chi connectivity index (χ1n) is 8.41. The van der Waals surface area contributed by atoms with E-state index in [9.17, 15) is 9.18 Å². The Kier molecular flexibility index (Phi) is 7.41. The molecule has 0 heterocycles. The van der Waals surface area contributed by atoms with Crippen molar-refractivity contribution < 1.29 is 23.4 Å². The van der Waals surface area contributed by atoms with Crippen LogP contribution in [0.15, 0.2) is 36.4 Å². The van der Waals surface area contributed by atoms with Gasteiger partial charge in [-0.15, -0.1) is 0 Å². The van der Waals surface area contributed by atoms with Crippen molar-refractivity contribution in [1.29, 1.82) is 0 Å². The van der Waals surface area contributed by atoms with Gasteiger partial charge in [0.25, 0.3) is 0 Å². The van der Waals surface area contributed by atoms with Crippen molar-refractivity contribution >= 4 is 11.6 Å². The van der Waals surface area contributed by atoms with Gasteiger partial charge in [-0.2, -0.15) is 0 Å². The van der Waals surface area contributed by atoms with E-state index in [-0.39, 0.29) is 24.6 Å². The number of carbonyl (C=O) groups is 1. The van der Waals surface area contributed by atoms with Crippen LogP contribution in [0.5, 0.6) is 11.5 Å². The molecule has 2 aromatic rings. The van der Waals surface area contributed by atoms with Gasteiger partial charge in [0, 0.05) is 13.2 Å². The van der Waals surface area contributed by atoms with E-state index >= 15 is 0 Å². The van der Waals surface area contributed by atoms with E-state index in [2.05, 4.69) is 5.32 Å². The Morgan fingerprint density at radius 1 is 1.04 bits per heavy atom. The predicted molar refractivity (Wildman–Crippen MR) is 98.4 cm³/mol. The van der Waals surface area contributed by atoms with Crippen molar-refractivity contribution in [2.45, 2.75) is 20.3 Å². The van der Waals surface area contributed by atoms with Gasteiger partial charge < -0.3 is 19.5 Å². The zero-order valence-corrected chi connectivity index (χ0v) is 15.3. The number of nitrogens with one attached hydrogen (secondary N) is 1. The molecular formula is C20H24FNO4. The summed E-state index contributed by atoms with van der Waals surface area (Å²) < 4.78 is 29.6. The topological polar surface area (TPSA) is 56.8 Å². The van der Waals surface area contributed by atoms with Gasteiger partial charge in [-0.1, -0.05) is 18.2 Å². The van der Waals surface area contributed by atoms with Crippen LogP contribution >= 0.6 is 0 Å². The van der Waals surface area contributed by atoms with Crippen LogP contribution in [0.4, 0.5) is 10.1 Å². The third kappa shape index (κ3) is 5.74. The lowest BCUT2D eigenvalue weighted by Crippen LogP contribution is -2.17. The highest BCUT2D eigenvalue weighted by molar-refractivity contribution is 5.92. The zero-order chi connectivity index (χ0) is 18.9. The highest BCUT2D eigenvalue weighted by atomic mass is 19.1. The summed E-state index contributed by atoms with van der Waals surface area (Å²) in [5.74, 6) is 0.451. The van der Waals surface area contributed by atoms with Crippen LogP contribution in [0.3, 0.4) is 0 Å². The lowest BCUT2D eigenvalue weighted by atomic mass is 10.1. The van der Waals surface area contributed by atoms with Crippen molar-refractivity contribution in [1.82, 2.24) is 0 Å². The summed E-state index contributed by atoms with van der Waals surface area (Å²) in [4.78, 5) is 12.2. The summed E-state index contributed by atoms with van der Waals surface area (Å²) in [6.45, 7) is 4.85. The average molecular weight is 361 g/mol. The normalized spacial score (nSPS) is 10.5. The second-order valence-corrected chi connectivity index (χ2v) is 5.85. The van der Waals surface area contributed by atoms with Gasteiger partial charge in [-0.25, -0.2) is 4.39 Å². The smallest absolute Gasteiger partial charge is 0.227 e. The molecule has 0 spiro atoms. The standard InChI is InChI=1S/C20H24FNO4/c1-14-5-4-6-15(2)20(14)26-10-9-19(23)22-17-13-16(21)7-8-18(17)25-12-11-24-3/h4-8,13H,9-12H2,1-3H3,(H,22,23). The van der Waals surface area contributed by atoms with E-state index < -0.39 is 5.82 Å². The van der Waals surface area contributed by atoms with E-state index in [0.29, 0.717) is 19.0 Å². The minimum atomic E-state index is -0.453. The number of aryl methyl sites for hydroxylation is 2. The molecule has 0 aliphatic heterocycles. The maximum atomic E-state index is 13.5. The monoisotopic (exact) mass is 361 g/mol. The molecule has 0 radical (unpaired) electrons. The summed E-state index contributed by atoms with van der Waals surface area (Å²) in [6, 6.07) is 9.86. The number of ether oxygens (including phenoxy) is 3. The Hall–Kier alpha value is -2.60. The van der Waals surface area contributed by atoms with Crippen molar-refractivity contribution in [2.75, 3.05) is 32.2 Å². The van der Waals surface area contributed by atoms with Gasteiger partial charge in [0.15, 0.2) is 0 Å². The molecule has 1 N–H and O–H groups in total. The maximum absolute atomic E-state index is 13.5. The van der Waals surface area contributed by atoms with E-state index in [4.69, 9.17) is 14.2 Å². The van der Waals surface area contributed by atoms with Gasteiger partial charge in [0.05, 0.1) is 25.3 Å². The number of anilines is 1. The van der Waals surface area contributed by atoms with Crippen LogP contribution in [0.2, 0.25) is 0 Å². The summed E-state index contributed by atoms with van der Waals surface area (Å²) in [6.07, 6.45) is 0.141. The molecule has 0 aliphatic rings. The first kappa shape index (κ1) is 19.7. The number of benzene rings is 2. The minimum absolute atomic E-state index is 0.141. The van der Waals surface area contributed by atoms with E-state index in [1.54, 1.807) is 7.11 Å². The molecule has 0 bridgehead atoms. The van der Waals surface area contributed by atoms with E-state index in [1.807, 2.05) is 32.0 Å². The van der Waals surface area contributed by atoms with Gasteiger partial charge in [-0.3, -0.25) is 4.79 Å². The molecule has 2 aromatic carbocycles. The predicted octanol–water partition coefficient (Wildman–Crippen LogP) is 3.88. The van der Waals surface area contributed by atoms with Crippen LogP contribution in [0.25, 0.3) is 0 Å². The number of rotatable bonds is 9. The van der Waals surface area contributed by atoms with Crippen molar-refractivity contribution in [3.8, 4) is 11.5 Å². The molecule has 0 aromatic heterocycles. The molecule has 26 heavy (non-hydrogen) atoms. The molecular weight excluding hydrogens is 337 g/mol. The first-order chi connectivity index (χ1) is 12.5. The highest BCUT2D eigenvalue weighted by Gasteiger charge is 2.11. The SMILES string of the molecule is COCCOc1ccc(F)cc1NC(=O)CCOc1c(C)cccc1C. The number of halogens is 1.